The van der Waals surface area contributed by atoms with E-state index in [1.165, 1.54) is 11.8 Å². The Morgan fingerprint density at radius 2 is 1.80 bits per heavy atom. The summed E-state index contributed by atoms with van der Waals surface area (Å²) in [6.45, 7) is 8.15. The molecular weight excluding hydrogens is 144 g/mol. The number of rotatable bonds is 2. The second kappa shape index (κ2) is 3.42. The SMILES string of the molecule is CSC(=O)C(C)(C)C(C)C. The van der Waals surface area contributed by atoms with Gasteiger partial charge >= 0.3 is 0 Å². The molecule has 0 amide bonds. The molecule has 0 bridgehead atoms. The van der Waals surface area contributed by atoms with Crippen LogP contribution in [0.4, 0.5) is 0 Å². The highest BCUT2D eigenvalue weighted by Gasteiger charge is 2.29. The first kappa shape index (κ1) is 10.0. The first-order chi connectivity index (χ1) is 4.42. The molecule has 2 heteroatoms. The summed E-state index contributed by atoms with van der Waals surface area (Å²) in [5.74, 6) is 0.424. The topological polar surface area (TPSA) is 17.1 Å². The predicted octanol–water partition coefficient (Wildman–Crippen LogP) is 2.56. The van der Waals surface area contributed by atoms with Gasteiger partial charge in [0.1, 0.15) is 0 Å². The van der Waals surface area contributed by atoms with E-state index < -0.39 is 0 Å². The van der Waals surface area contributed by atoms with E-state index in [1.807, 2.05) is 20.1 Å². The lowest BCUT2D eigenvalue weighted by atomic mass is 9.83. The minimum absolute atomic E-state index is 0.167. The van der Waals surface area contributed by atoms with Crippen LogP contribution in [0, 0.1) is 11.3 Å². The van der Waals surface area contributed by atoms with Crippen molar-refractivity contribution >= 4 is 16.9 Å². The van der Waals surface area contributed by atoms with Gasteiger partial charge in [-0.3, -0.25) is 4.79 Å². The normalized spacial score (nSPS) is 12.2. The van der Waals surface area contributed by atoms with Gasteiger partial charge in [-0.05, 0) is 12.2 Å². The molecule has 10 heavy (non-hydrogen) atoms. The third-order valence-corrected chi connectivity index (χ3v) is 3.05. The Morgan fingerprint density at radius 3 is 1.90 bits per heavy atom. The highest BCUT2D eigenvalue weighted by atomic mass is 32.2. The summed E-state index contributed by atoms with van der Waals surface area (Å²) in [5.41, 5.74) is -0.167. The van der Waals surface area contributed by atoms with E-state index in [2.05, 4.69) is 13.8 Å². The fraction of sp³-hybridized carbons (Fsp3) is 0.875. The summed E-state index contributed by atoms with van der Waals surface area (Å²) in [7, 11) is 0. The second-order valence-electron chi connectivity index (χ2n) is 3.37. The lowest BCUT2D eigenvalue weighted by Crippen LogP contribution is -2.27. The number of carbonyl (C=O) groups excluding carboxylic acids is 1. The summed E-state index contributed by atoms with van der Waals surface area (Å²) in [4.78, 5) is 11.2. The molecule has 0 aromatic heterocycles. The molecule has 0 aliphatic rings. The summed E-state index contributed by atoms with van der Waals surface area (Å²) >= 11 is 1.32. The van der Waals surface area contributed by atoms with Crippen molar-refractivity contribution in [3.8, 4) is 0 Å². The maximum absolute atomic E-state index is 11.2. The molecule has 0 aliphatic carbocycles. The van der Waals surface area contributed by atoms with Crippen molar-refractivity contribution in [1.29, 1.82) is 0 Å². The largest absolute Gasteiger partial charge is 0.287 e. The molecule has 0 saturated heterocycles. The molecule has 0 fully saturated rings. The summed E-state index contributed by atoms with van der Waals surface area (Å²) in [5, 5.41) is 0.280. The standard InChI is InChI=1S/C8H16OS/c1-6(2)8(3,4)7(9)10-5/h6H,1-5H3. The average molecular weight is 160 g/mol. The molecule has 0 radical (unpaired) electrons. The van der Waals surface area contributed by atoms with Gasteiger partial charge < -0.3 is 0 Å². The highest BCUT2D eigenvalue weighted by molar-refractivity contribution is 8.13. The van der Waals surface area contributed by atoms with Crippen LogP contribution in [0.15, 0.2) is 0 Å². The van der Waals surface area contributed by atoms with Crippen molar-refractivity contribution in [2.75, 3.05) is 6.26 Å². The lowest BCUT2D eigenvalue weighted by molar-refractivity contribution is -0.120. The first-order valence-electron chi connectivity index (χ1n) is 3.51. The van der Waals surface area contributed by atoms with Crippen LogP contribution in [0.25, 0.3) is 0 Å². The van der Waals surface area contributed by atoms with Gasteiger partial charge in [-0.15, -0.1) is 0 Å². The molecule has 0 saturated carbocycles. The zero-order valence-electron chi connectivity index (χ0n) is 7.39. The molecule has 0 aliphatic heterocycles. The van der Waals surface area contributed by atoms with Gasteiger partial charge in [-0.1, -0.05) is 39.5 Å². The van der Waals surface area contributed by atoms with Crippen LogP contribution in [-0.2, 0) is 4.79 Å². The van der Waals surface area contributed by atoms with E-state index in [0.29, 0.717) is 5.92 Å². The summed E-state index contributed by atoms with van der Waals surface area (Å²) < 4.78 is 0. The zero-order valence-corrected chi connectivity index (χ0v) is 8.21. The van der Waals surface area contributed by atoms with Crippen LogP contribution in [0.3, 0.4) is 0 Å². The number of thioether (sulfide) groups is 1. The molecule has 0 atom stereocenters. The number of carbonyl (C=O) groups is 1. The second-order valence-corrected chi connectivity index (χ2v) is 4.15. The number of hydrogen-bond donors (Lipinski definition) is 0. The fourth-order valence-corrected chi connectivity index (χ4v) is 1.26. The van der Waals surface area contributed by atoms with E-state index in [9.17, 15) is 4.79 Å². The molecule has 0 rings (SSSR count). The molecule has 60 valence electrons. The van der Waals surface area contributed by atoms with Crippen molar-refractivity contribution in [1.82, 2.24) is 0 Å². The molecule has 0 aromatic rings. The van der Waals surface area contributed by atoms with E-state index in [4.69, 9.17) is 0 Å². The van der Waals surface area contributed by atoms with Crippen LogP contribution < -0.4 is 0 Å². The van der Waals surface area contributed by atoms with E-state index in [-0.39, 0.29) is 10.5 Å². The lowest BCUT2D eigenvalue weighted by Gasteiger charge is -2.25. The van der Waals surface area contributed by atoms with Crippen LogP contribution >= 0.6 is 11.8 Å². The first-order valence-corrected chi connectivity index (χ1v) is 4.73. The Bertz CT molecular complexity index is 127. The van der Waals surface area contributed by atoms with Crippen molar-refractivity contribution in [3.05, 3.63) is 0 Å². The Balaban J connectivity index is 4.24. The van der Waals surface area contributed by atoms with Crippen LogP contribution in [0.5, 0.6) is 0 Å². The molecular formula is C8H16OS. The maximum Gasteiger partial charge on any atom is 0.194 e. The third kappa shape index (κ3) is 2.01. The molecule has 0 unspecified atom stereocenters. The van der Waals surface area contributed by atoms with Crippen LogP contribution in [0.1, 0.15) is 27.7 Å². The van der Waals surface area contributed by atoms with Gasteiger partial charge in [0.2, 0.25) is 0 Å². The van der Waals surface area contributed by atoms with Gasteiger partial charge in [0, 0.05) is 5.41 Å². The van der Waals surface area contributed by atoms with Crippen molar-refractivity contribution < 1.29 is 4.79 Å². The minimum atomic E-state index is -0.167. The van der Waals surface area contributed by atoms with Crippen LogP contribution in [-0.4, -0.2) is 11.4 Å². The van der Waals surface area contributed by atoms with Gasteiger partial charge in [-0.25, -0.2) is 0 Å². The zero-order chi connectivity index (χ0) is 8.36. The van der Waals surface area contributed by atoms with Crippen LogP contribution in [0.2, 0.25) is 0 Å². The minimum Gasteiger partial charge on any atom is -0.287 e. The monoisotopic (exact) mass is 160 g/mol. The molecule has 0 spiro atoms. The predicted molar refractivity (Wildman–Crippen MR) is 47.1 cm³/mol. The molecule has 1 nitrogen and oxygen atoms in total. The van der Waals surface area contributed by atoms with Gasteiger partial charge in [-0.2, -0.15) is 0 Å². The number of hydrogen-bond acceptors (Lipinski definition) is 2. The highest BCUT2D eigenvalue weighted by Crippen LogP contribution is 2.30. The van der Waals surface area contributed by atoms with Gasteiger partial charge in [0.15, 0.2) is 5.12 Å². The molecule has 0 aromatic carbocycles. The average Bonchev–Trinajstić information content (AvgIpc) is 1.86. The van der Waals surface area contributed by atoms with E-state index in [0.717, 1.165) is 0 Å². The maximum atomic E-state index is 11.2. The van der Waals surface area contributed by atoms with Crippen molar-refractivity contribution in [3.63, 3.8) is 0 Å². The van der Waals surface area contributed by atoms with E-state index in [1.54, 1.807) is 0 Å². The third-order valence-electron chi connectivity index (χ3n) is 2.15. The molecule has 0 N–H and O–H groups in total. The fourth-order valence-electron chi connectivity index (χ4n) is 0.499. The van der Waals surface area contributed by atoms with Gasteiger partial charge in [0.25, 0.3) is 0 Å². The summed E-state index contributed by atoms with van der Waals surface area (Å²) in [6, 6.07) is 0. The smallest absolute Gasteiger partial charge is 0.194 e. The Labute approximate surface area is 67.6 Å². The molecule has 0 heterocycles. The quantitative estimate of drug-likeness (QED) is 0.617. The Morgan fingerprint density at radius 1 is 1.40 bits per heavy atom. The van der Waals surface area contributed by atoms with E-state index >= 15 is 0 Å². The Kier molecular flexibility index (Phi) is 3.43. The van der Waals surface area contributed by atoms with Gasteiger partial charge in [0.05, 0.1) is 0 Å². The Hall–Kier alpha value is 0.0200. The van der Waals surface area contributed by atoms with Crippen molar-refractivity contribution in [2.24, 2.45) is 11.3 Å². The van der Waals surface area contributed by atoms with Crippen molar-refractivity contribution in [2.45, 2.75) is 27.7 Å². The summed E-state index contributed by atoms with van der Waals surface area (Å²) in [6.07, 6.45) is 1.84.